The number of rotatable bonds is 5. The zero-order chi connectivity index (χ0) is 15.6. The number of thiazole rings is 1. The maximum Gasteiger partial charge on any atom is 0.143 e. The van der Waals surface area contributed by atoms with Crippen LogP contribution in [0.15, 0.2) is 12.3 Å². The maximum absolute atomic E-state index is 6.24. The minimum Gasteiger partial charge on any atom is -0.310 e. The van der Waals surface area contributed by atoms with Crippen LogP contribution in [0, 0.1) is 0 Å². The number of nitrogens with zero attached hydrogens (tertiary/aromatic N) is 2. The SMILES string of the molecule is CC(C)NCc1sc(-c2ncc(Cl)cc2Cl)nc1C(C)C. The van der Waals surface area contributed by atoms with Gasteiger partial charge in [-0.15, -0.1) is 11.3 Å². The summed E-state index contributed by atoms with van der Waals surface area (Å²) in [6.07, 6.45) is 1.60. The van der Waals surface area contributed by atoms with Gasteiger partial charge in [-0.25, -0.2) is 4.98 Å². The van der Waals surface area contributed by atoms with Crippen molar-refractivity contribution in [3.8, 4) is 10.7 Å². The molecule has 3 nitrogen and oxygen atoms in total. The van der Waals surface area contributed by atoms with Crippen LogP contribution in [0.4, 0.5) is 0 Å². The summed E-state index contributed by atoms with van der Waals surface area (Å²) >= 11 is 13.8. The maximum atomic E-state index is 6.24. The molecule has 0 aliphatic carbocycles. The van der Waals surface area contributed by atoms with Gasteiger partial charge >= 0.3 is 0 Å². The van der Waals surface area contributed by atoms with Gasteiger partial charge in [0.2, 0.25) is 0 Å². The second kappa shape index (κ2) is 7.05. The third-order valence-electron chi connectivity index (χ3n) is 2.96. The zero-order valence-electron chi connectivity index (χ0n) is 12.6. The van der Waals surface area contributed by atoms with E-state index in [1.54, 1.807) is 23.6 Å². The molecule has 0 unspecified atom stereocenters. The minimum absolute atomic E-state index is 0.366. The molecule has 2 aromatic rings. The quantitative estimate of drug-likeness (QED) is 0.817. The van der Waals surface area contributed by atoms with Crippen molar-refractivity contribution in [2.24, 2.45) is 0 Å². The monoisotopic (exact) mass is 343 g/mol. The molecule has 0 saturated carbocycles. The summed E-state index contributed by atoms with van der Waals surface area (Å²) in [5.74, 6) is 0.366. The van der Waals surface area contributed by atoms with Crippen molar-refractivity contribution in [3.05, 3.63) is 32.9 Å². The number of halogens is 2. The molecule has 0 saturated heterocycles. The molecule has 2 rings (SSSR count). The first-order valence-electron chi connectivity index (χ1n) is 6.93. The van der Waals surface area contributed by atoms with Gasteiger partial charge in [-0.3, -0.25) is 4.98 Å². The Kier molecular flexibility index (Phi) is 5.60. The molecular formula is C15H19Cl2N3S. The van der Waals surface area contributed by atoms with E-state index in [-0.39, 0.29) is 0 Å². The highest BCUT2D eigenvalue weighted by atomic mass is 35.5. The first-order valence-corrected chi connectivity index (χ1v) is 8.50. The summed E-state index contributed by atoms with van der Waals surface area (Å²) in [5.41, 5.74) is 1.81. The Labute approximate surface area is 139 Å². The molecule has 0 aliphatic rings. The Morgan fingerprint density at radius 1 is 1.24 bits per heavy atom. The third kappa shape index (κ3) is 4.16. The Morgan fingerprint density at radius 3 is 2.52 bits per heavy atom. The van der Waals surface area contributed by atoms with Gasteiger partial charge in [0.25, 0.3) is 0 Å². The molecule has 0 amide bonds. The molecule has 0 aromatic carbocycles. The second-order valence-corrected chi connectivity index (χ2v) is 7.43. The van der Waals surface area contributed by atoms with Crippen LogP contribution in [0.5, 0.6) is 0 Å². The Bertz CT molecular complexity index is 623. The van der Waals surface area contributed by atoms with E-state index >= 15 is 0 Å². The fourth-order valence-electron chi connectivity index (χ4n) is 1.91. The van der Waals surface area contributed by atoms with Gasteiger partial charge in [0.15, 0.2) is 0 Å². The molecule has 0 atom stereocenters. The van der Waals surface area contributed by atoms with Crippen LogP contribution in [0.1, 0.15) is 44.2 Å². The lowest BCUT2D eigenvalue weighted by atomic mass is 10.1. The lowest BCUT2D eigenvalue weighted by Gasteiger charge is -2.09. The van der Waals surface area contributed by atoms with E-state index < -0.39 is 0 Å². The Hall–Kier alpha value is -0.680. The smallest absolute Gasteiger partial charge is 0.143 e. The van der Waals surface area contributed by atoms with Crippen molar-refractivity contribution >= 4 is 34.5 Å². The summed E-state index contributed by atoms with van der Waals surface area (Å²) in [6.45, 7) is 9.38. The van der Waals surface area contributed by atoms with Crippen LogP contribution in [-0.2, 0) is 6.54 Å². The van der Waals surface area contributed by atoms with Crippen molar-refractivity contribution < 1.29 is 0 Å². The lowest BCUT2D eigenvalue weighted by molar-refractivity contribution is 0.588. The summed E-state index contributed by atoms with van der Waals surface area (Å²) in [6, 6.07) is 2.14. The van der Waals surface area contributed by atoms with Gasteiger partial charge in [0.1, 0.15) is 10.7 Å². The van der Waals surface area contributed by atoms with E-state index in [0.29, 0.717) is 27.7 Å². The van der Waals surface area contributed by atoms with Crippen LogP contribution in [0.2, 0.25) is 10.0 Å². The fraction of sp³-hybridized carbons (Fsp3) is 0.467. The molecule has 0 spiro atoms. The standard InChI is InChI=1S/C15H19Cl2N3S/c1-8(2)13-12(7-18-9(3)4)21-15(20-13)14-11(17)5-10(16)6-19-14/h5-6,8-9,18H,7H2,1-4H3. The van der Waals surface area contributed by atoms with E-state index in [4.69, 9.17) is 28.2 Å². The molecule has 2 heterocycles. The highest BCUT2D eigenvalue weighted by molar-refractivity contribution is 7.15. The van der Waals surface area contributed by atoms with Gasteiger partial charge in [0, 0.05) is 23.7 Å². The van der Waals surface area contributed by atoms with Gasteiger partial charge in [-0.1, -0.05) is 50.9 Å². The van der Waals surface area contributed by atoms with Crippen molar-refractivity contribution in [2.45, 2.75) is 46.2 Å². The van der Waals surface area contributed by atoms with Gasteiger partial charge in [-0.05, 0) is 12.0 Å². The summed E-state index contributed by atoms with van der Waals surface area (Å²) in [5, 5.41) is 5.36. The average Bonchev–Trinajstić information content (AvgIpc) is 2.80. The predicted octanol–water partition coefficient (Wildman–Crippen LogP) is 5.13. The van der Waals surface area contributed by atoms with Crippen LogP contribution in [0.3, 0.4) is 0 Å². The molecule has 0 fully saturated rings. The van der Waals surface area contributed by atoms with Crippen LogP contribution < -0.4 is 5.32 Å². The van der Waals surface area contributed by atoms with Crippen molar-refractivity contribution in [2.75, 3.05) is 0 Å². The van der Waals surface area contributed by atoms with E-state index in [2.05, 4.69) is 38.0 Å². The first kappa shape index (κ1) is 16.7. The largest absolute Gasteiger partial charge is 0.310 e. The molecular weight excluding hydrogens is 325 g/mol. The summed E-state index contributed by atoms with van der Waals surface area (Å²) in [7, 11) is 0. The third-order valence-corrected chi connectivity index (χ3v) is 4.53. The molecule has 0 aliphatic heterocycles. The highest BCUT2D eigenvalue weighted by Gasteiger charge is 2.18. The molecule has 0 radical (unpaired) electrons. The molecule has 21 heavy (non-hydrogen) atoms. The highest BCUT2D eigenvalue weighted by Crippen LogP contribution is 2.34. The van der Waals surface area contributed by atoms with E-state index in [0.717, 1.165) is 17.2 Å². The summed E-state index contributed by atoms with van der Waals surface area (Å²) < 4.78 is 0. The van der Waals surface area contributed by atoms with Crippen molar-refractivity contribution in [3.63, 3.8) is 0 Å². The van der Waals surface area contributed by atoms with Crippen LogP contribution in [-0.4, -0.2) is 16.0 Å². The average molecular weight is 344 g/mol. The van der Waals surface area contributed by atoms with Crippen molar-refractivity contribution in [1.82, 2.24) is 15.3 Å². The molecule has 1 N–H and O–H groups in total. The van der Waals surface area contributed by atoms with E-state index in [1.807, 2.05) is 0 Å². The van der Waals surface area contributed by atoms with Gasteiger partial charge in [0.05, 0.1) is 15.7 Å². The topological polar surface area (TPSA) is 37.8 Å². The summed E-state index contributed by atoms with van der Waals surface area (Å²) in [4.78, 5) is 10.3. The van der Waals surface area contributed by atoms with Crippen LogP contribution in [0.25, 0.3) is 10.7 Å². The normalized spacial score (nSPS) is 11.6. The molecule has 114 valence electrons. The number of aromatic nitrogens is 2. The predicted molar refractivity (Wildman–Crippen MR) is 91.4 cm³/mol. The zero-order valence-corrected chi connectivity index (χ0v) is 14.9. The minimum atomic E-state index is 0.366. The number of nitrogens with one attached hydrogen (secondary N) is 1. The van der Waals surface area contributed by atoms with Gasteiger partial charge < -0.3 is 5.32 Å². The molecule has 2 aromatic heterocycles. The first-order chi connectivity index (χ1) is 9.88. The Morgan fingerprint density at radius 2 is 1.95 bits per heavy atom. The van der Waals surface area contributed by atoms with E-state index in [1.165, 1.54) is 4.88 Å². The number of pyridine rings is 1. The van der Waals surface area contributed by atoms with Gasteiger partial charge in [-0.2, -0.15) is 0 Å². The Balaban J connectivity index is 2.38. The molecule has 6 heteroatoms. The number of hydrogen-bond donors (Lipinski definition) is 1. The van der Waals surface area contributed by atoms with E-state index in [9.17, 15) is 0 Å². The molecule has 0 bridgehead atoms. The fourth-order valence-corrected chi connectivity index (χ4v) is 3.62. The lowest BCUT2D eigenvalue weighted by Crippen LogP contribution is -2.22. The second-order valence-electron chi connectivity index (χ2n) is 5.50. The number of hydrogen-bond acceptors (Lipinski definition) is 4. The van der Waals surface area contributed by atoms with Crippen LogP contribution >= 0.6 is 34.5 Å². The van der Waals surface area contributed by atoms with Crippen molar-refractivity contribution in [1.29, 1.82) is 0 Å².